The van der Waals surface area contributed by atoms with Gasteiger partial charge in [-0.1, -0.05) is 60.7 Å². The molecule has 2 aromatic carbocycles. The molecule has 0 aliphatic carbocycles. The van der Waals surface area contributed by atoms with Crippen LogP contribution in [0, 0.1) is 17.0 Å². The summed E-state index contributed by atoms with van der Waals surface area (Å²) in [5.41, 5.74) is 3.73. The fraction of sp³-hybridized carbons (Fsp3) is 0.174. The van der Waals surface area contributed by atoms with E-state index in [4.69, 9.17) is 0 Å². The van der Waals surface area contributed by atoms with Crippen molar-refractivity contribution < 1.29 is 9.72 Å². The third-order valence-corrected chi connectivity index (χ3v) is 5.17. The molecule has 150 valence electrons. The SMILES string of the molecule is CC(=O)N1N=C(c2cc([N+](=O)[O-])c(-c3ccccc3)nc2C)CC1c1ccccc1. The number of rotatable bonds is 4. The van der Waals surface area contributed by atoms with Crippen LogP contribution in [0.3, 0.4) is 0 Å². The summed E-state index contributed by atoms with van der Waals surface area (Å²) in [5, 5.41) is 17.8. The third kappa shape index (κ3) is 3.57. The molecule has 1 aromatic heterocycles. The first-order valence-electron chi connectivity index (χ1n) is 9.59. The lowest BCUT2D eigenvalue weighted by molar-refractivity contribution is -0.384. The zero-order valence-electron chi connectivity index (χ0n) is 16.6. The van der Waals surface area contributed by atoms with Crippen LogP contribution in [0.4, 0.5) is 5.69 Å². The smallest absolute Gasteiger partial charge is 0.273 e. The van der Waals surface area contributed by atoms with E-state index in [2.05, 4.69) is 10.1 Å². The molecule has 7 nitrogen and oxygen atoms in total. The highest BCUT2D eigenvalue weighted by Gasteiger charge is 2.33. The van der Waals surface area contributed by atoms with Crippen LogP contribution in [0.2, 0.25) is 0 Å². The normalized spacial score (nSPS) is 15.7. The van der Waals surface area contributed by atoms with Crippen LogP contribution in [0.5, 0.6) is 0 Å². The third-order valence-electron chi connectivity index (χ3n) is 5.17. The Morgan fingerprint density at radius 2 is 1.73 bits per heavy atom. The first kappa shape index (κ1) is 19.4. The van der Waals surface area contributed by atoms with E-state index in [1.807, 2.05) is 55.5 Å². The highest BCUT2D eigenvalue weighted by Crippen LogP contribution is 2.36. The first-order valence-corrected chi connectivity index (χ1v) is 9.59. The molecule has 0 fully saturated rings. The Hall–Kier alpha value is -3.87. The molecule has 0 radical (unpaired) electrons. The maximum atomic E-state index is 12.2. The molecule has 0 saturated heterocycles. The largest absolute Gasteiger partial charge is 0.296 e. The van der Waals surface area contributed by atoms with Gasteiger partial charge in [0, 0.05) is 36.2 Å². The molecule has 0 bridgehead atoms. The molecular formula is C23H20N4O3. The number of nitro groups is 1. The average molecular weight is 400 g/mol. The Bertz CT molecular complexity index is 1140. The molecule has 30 heavy (non-hydrogen) atoms. The van der Waals surface area contributed by atoms with Crippen molar-refractivity contribution in [3.05, 3.63) is 93.7 Å². The van der Waals surface area contributed by atoms with E-state index in [1.54, 1.807) is 12.1 Å². The minimum atomic E-state index is -0.425. The fourth-order valence-electron chi connectivity index (χ4n) is 3.73. The number of amides is 1. The van der Waals surface area contributed by atoms with Crippen LogP contribution >= 0.6 is 0 Å². The van der Waals surface area contributed by atoms with Gasteiger partial charge in [0.25, 0.3) is 5.69 Å². The first-order chi connectivity index (χ1) is 14.5. The van der Waals surface area contributed by atoms with Gasteiger partial charge in [0.2, 0.25) is 5.91 Å². The van der Waals surface area contributed by atoms with Crippen molar-refractivity contribution in [2.75, 3.05) is 0 Å². The van der Waals surface area contributed by atoms with Crippen molar-refractivity contribution in [1.29, 1.82) is 0 Å². The number of aromatic nitrogens is 1. The van der Waals surface area contributed by atoms with Crippen LogP contribution < -0.4 is 0 Å². The number of aryl methyl sites for hydroxylation is 1. The van der Waals surface area contributed by atoms with E-state index >= 15 is 0 Å². The number of hydrogen-bond donors (Lipinski definition) is 0. The zero-order chi connectivity index (χ0) is 21.3. The quantitative estimate of drug-likeness (QED) is 0.470. The lowest BCUT2D eigenvalue weighted by Gasteiger charge is -2.20. The summed E-state index contributed by atoms with van der Waals surface area (Å²) in [6.45, 7) is 3.27. The predicted molar refractivity (Wildman–Crippen MR) is 114 cm³/mol. The van der Waals surface area contributed by atoms with E-state index in [1.165, 1.54) is 18.0 Å². The Kier molecular flexibility index (Phi) is 5.10. The number of pyridine rings is 1. The molecule has 1 aliphatic rings. The summed E-state index contributed by atoms with van der Waals surface area (Å²) >= 11 is 0. The minimum Gasteiger partial charge on any atom is -0.273 e. The average Bonchev–Trinajstić information content (AvgIpc) is 3.20. The minimum absolute atomic E-state index is 0.0814. The number of carbonyl (C=O) groups excluding carboxylic acids is 1. The lowest BCUT2D eigenvalue weighted by atomic mass is 9.96. The summed E-state index contributed by atoms with van der Waals surface area (Å²) < 4.78 is 0. The van der Waals surface area contributed by atoms with Crippen LogP contribution in [0.25, 0.3) is 11.3 Å². The molecule has 1 amide bonds. The van der Waals surface area contributed by atoms with E-state index in [9.17, 15) is 14.9 Å². The van der Waals surface area contributed by atoms with Crippen molar-refractivity contribution in [2.45, 2.75) is 26.3 Å². The standard InChI is InChI=1S/C23H20N4O3/c1-15-19(13-22(27(29)30)23(24-15)18-11-7-4-8-12-18)20-14-21(26(25-20)16(2)28)17-9-5-3-6-10-17/h3-13,21H,14H2,1-2H3. The highest BCUT2D eigenvalue weighted by molar-refractivity contribution is 6.04. The van der Waals surface area contributed by atoms with E-state index in [0.29, 0.717) is 34.6 Å². The van der Waals surface area contributed by atoms with Gasteiger partial charge < -0.3 is 0 Å². The number of carbonyl (C=O) groups is 1. The maximum absolute atomic E-state index is 12.2. The topological polar surface area (TPSA) is 88.7 Å². The van der Waals surface area contributed by atoms with Crippen LogP contribution in [-0.4, -0.2) is 26.5 Å². The lowest BCUT2D eigenvalue weighted by Crippen LogP contribution is -2.24. The second-order valence-electron chi connectivity index (χ2n) is 7.15. The van der Waals surface area contributed by atoms with Crippen molar-refractivity contribution in [2.24, 2.45) is 5.10 Å². The molecular weight excluding hydrogens is 380 g/mol. The Morgan fingerprint density at radius 3 is 2.33 bits per heavy atom. The Balaban J connectivity index is 1.79. The van der Waals surface area contributed by atoms with Crippen molar-refractivity contribution in [1.82, 2.24) is 9.99 Å². The van der Waals surface area contributed by atoms with E-state index in [0.717, 1.165) is 5.56 Å². The Morgan fingerprint density at radius 1 is 1.10 bits per heavy atom. The van der Waals surface area contributed by atoms with Crippen molar-refractivity contribution in [3.8, 4) is 11.3 Å². The zero-order valence-corrected chi connectivity index (χ0v) is 16.6. The molecule has 7 heteroatoms. The molecule has 1 aliphatic heterocycles. The van der Waals surface area contributed by atoms with Crippen molar-refractivity contribution in [3.63, 3.8) is 0 Å². The summed E-state index contributed by atoms with van der Waals surface area (Å²) in [7, 11) is 0. The van der Waals surface area contributed by atoms with E-state index < -0.39 is 4.92 Å². The van der Waals surface area contributed by atoms with E-state index in [-0.39, 0.29) is 17.6 Å². The van der Waals surface area contributed by atoms with Crippen LogP contribution in [0.15, 0.2) is 71.8 Å². The molecule has 1 unspecified atom stereocenters. The van der Waals surface area contributed by atoms with Gasteiger partial charge >= 0.3 is 0 Å². The molecule has 0 saturated carbocycles. The monoisotopic (exact) mass is 400 g/mol. The number of hydrazone groups is 1. The number of hydrogen-bond acceptors (Lipinski definition) is 5. The van der Waals surface area contributed by atoms with Gasteiger partial charge in [0.15, 0.2) is 0 Å². The number of benzene rings is 2. The van der Waals surface area contributed by atoms with Crippen molar-refractivity contribution >= 4 is 17.3 Å². The van der Waals surface area contributed by atoms with Gasteiger partial charge in [0.1, 0.15) is 5.69 Å². The molecule has 4 rings (SSSR count). The molecule has 0 N–H and O–H groups in total. The van der Waals surface area contributed by atoms with Gasteiger partial charge in [-0.05, 0) is 12.5 Å². The summed E-state index contributed by atoms with van der Waals surface area (Å²) in [6, 6.07) is 20.0. The van der Waals surface area contributed by atoms with Gasteiger partial charge in [0.05, 0.1) is 16.7 Å². The molecule has 0 spiro atoms. The summed E-state index contributed by atoms with van der Waals surface area (Å²) in [6.07, 6.45) is 0.466. The molecule has 2 heterocycles. The molecule has 3 aromatic rings. The summed E-state index contributed by atoms with van der Waals surface area (Å²) in [4.78, 5) is 28.1. The number of nitrogens with zero attached hydrogens (tertiary/aromatic N) is 4. The maximum Gasteiger partial charge on any atom is 0.296 e. The van der Waals surface area contributed by atoms with Crippen LogP contribution in [-0.2, 0) is 4.79 Å². The molecule has 1 atom stereocenters. The van der Waals surface area contributed by atoms with Gasteiger partial charge in [-0.15, -0.1) is 0 Å². The van der Waals surface area contributed by atoms with Crippen LogP contribution in [0.1, 0.15) is 36.2 Å². The van der Waals surface area contributed by atoms with Gasteiger partial charge in [-0.3, -0.25) is 14.9 Å². The van der Waals surface area contributed by atoms with Gasteiger partial charge in [-0.25, -0.2) is 9.99 Å². The van der Waals surface area contributed by atoms with Gasteiger partial charge in [-0.2, -0.15) is 5.10 Å². The second kappa shape index (κ2) is 7.87. The predicted octanol–water partition coefficient (Wildman–Crippen LogP) is 4.66. The highest BCUT2D eigenvalue weighted by atomic mass is 16.6. The fourth-order valence-corrected chi connectivity index (χ4v) is 3.73. The summed E-state index contributed by atoms with van der Waals surface area (Å²) in [5.74, 6) is -0.181. The second-order valence-corrected chi connectivity index (χ2v) is 7.15. The Labute approximate surface area is 173 Å².